The third-order valence-electron chi connectivity index (χ3n) is 2.81. The first-order valence-electron chi connectivity index (χ1n) is 6.18. The lowest BCUT2D eigenvalue weighted by Crippen LogP contribution is -1.89. The molecule has 16 heavy (non-hydrogen) atoms. The van der Waals surface area contributed by atoms with E-state index in [4.69, 9.17) is 11.6 Å². The number of benzene rings is 1. The van der Waals surface area contributed by atoms with Crippen molar-refractivity contribution in [3.63, 3.8) is 0 Å². The molecule has 0 unspecified atom stereocenters. The maximum absolute atomic E-state index is 13.0. The molecule has 1 aromatic carbocycles. The topological polar surface area (TPSA) is 0 Å². The third kappa shape index (κ3) is 4.98. The number of aryl methyl sites for hydroxylation is 1. The number of unbranched alkanes of at least 4 members (excludes halogenated alkanes) is 5. The van der Waals surface area contributed by atoms with Gasteiger partial charge in [-0.05, 0) is 36.6 Å². The largest absolute Gasteiger partial charge is 0.207 e. The van der Waals surface area contributed by atoms with Crippen LogP contribution in [0, 0.1) is 5.82 Å². The summed E-state index contributed by atoms with van der Waals surface area (Å²) >= 11 is 5.99. The summed E-state index contributed by atoms with van der Waals surface area (Å²) in [4.78, 5) is 0. The summed E-state index contributed by atoms with van der Waals surface area (Å²) in [7, 11) is 0. The van der Waals surface area contributed by atoms with Crippen LogP contribution in [0.25, 0.3) is 0 Å². The Morgan fingerprint density at radius 1 is 1.06 bits per heavy atom. The van der Waals surface area contributed by atoms with Gasteiger partial charge < -0.3 is 0 Å². The Balaban J connectivity index is 2.23. The van der Waals surface area contributed by atoms with Crippen LogP contribution in [0.5, 0.6) is 0 Å². The van der Waals surface area contributed by atoms with Gasteiger partial charge in [-0.15, -0.1) is 0 Å². The SMILES string of the molecule is CCCCCCCCc1cc(F)ccc1Cl. The molecule has 0 aliphatic heterocycles. The molecule has 1 rings (SSSR count). The van der Waals surface area contributed by atoms with E-state index in [0.717, 1.165) is 18.4 Å². The fourth-order valence-electron chi connectivity index (χ4n) is 1.83. The molecule has 0 saturated heterocycles. The van der Waals surface area contributed by atoms with Crippen LogP contribution in [0.3, 0.4) is 0 Å². The Kier molecular flexibility index (Phi) is 6.47. The van der Waals surface area contributed by atoms with Crippen LogP contribution in [0.15, 0.2) is 18.2 Å². The predicted molar refractivity (Wildman–Crippen MR) is 68.5 cm³/mol. The highest BCUT2D eigenvalue weighted by Crippen LogP contribution is 2.19. The van der Waals surface area contributed by atoms with Crippen molar-refractivity contribution in [3.05, 3.63) is 34.6 Å². The Bertz CT molecular complexity index is 310. The van der Waals surface area contributed by atoms with Gasteiger partial charge in [0.1, 0.15) is 5.82 Å². The highest BCUT2D eigenvalue weighted by Gasteiger charge is 2.01. The molecule has 0 radical (unpaired) electrons. The van der Waals surface area contributed by atoms with Crippen molar-refractivity contribution in [2.45, 2.75) is 51.9 Å². The zero-order chi connectivity index (χ0) is 11.8. The molecule has 0 atom stereocenters. The van der Waals surface area contributed by atoms with E-state index in [0.29, 0.717) is 5.02 Å². The molecule has 0 heterocycles. The van der Waals surface area contributed by atoms with Crippen molar-refractivity contribution < 1.29 is 4.39 Å². The highest BCUT2D eigenvalue weighted by atomic mass is 35.5. The summed E-state index contributed by atoms with van der Waals surface area (Å²) in [5, 5.41) is 0.690. The van der Waals surface area contributed by atoms with Crippen LogP contribution in [-0.4, -0.2) is 0 Å². The predicted octanol–water partition coefficient (Wildman–Crippen LogP) is 5.38. The maximum Gasteiger partial charge on any atom is 0.123 e. The van der Waals surface area contributed by atoms with Crippen molar-refractivity contribution in [2.75, 3.05) is 0 Å². The summed E-state index contributed by atoms with van der Waals surface area (Å²) < 4.78 is 13.0. The Morgan fingerprint density at radius 2 is 1.75 bits per heavy atom. The second-order valence-corrected chi connectivity index (χ2v) is 4.66. The average Bonchev–Trinajstić information content (AvgIpc) is 2.28. The first-order chi connectivity index (χ1) is 7.74. The molecule has 0 spiro atoms. The molecule has 0 nitrogen and oxygen atoms in total. The fourth-order valence-corrected chi connectivity index (χ4v) is 2.04. The van der Waals surface area contributed by atoms with Crippen LogP contribution >= 0.6 is 11.6 Å². The zero-order valence-corrected chi connectivity index (χ0v) is 10.7. The highest BCUT2D eigenvalue weighted by molar-refractivity contribution is 6.31. The molecular weight excluding hydrogens is 223 g/mol. The normalized spacial score (nSPS) is 10.7. The summed E-state index contributed by atoms with van der Waals surface area (Å²) in [6, 6.07) is 4.60. The van der Waals surface area contributed by atoms with Crippen molar-refractivity contribution in [3.8, 4) is 0 Å². The second-order valence-electron chi connectivity index (χ2n) is 4.25. The van der Waals surface area contributed by atoms with Crippen LogP contribution in [0.4, 0.5) is 4.39 Å². The maximum atomic E-state index is 13.0. The van der Waals surface area contributed by atoms with Crippen molar-refractivity contribution in [1.82, 2.24) is 0 Å². The molecule has 0 N–H and O–H groups in total. The van der Waals surface area contributed by atoms with Gasteiger partial charge in [-0.2, -0.15) is 0 Å². The number of hydrogen-bond acceptors (Lipinski definition) is 0. The number of rotatable bonds is 7. The smallest absolute Gasteiger partial charge is 0.123 e. The zero-order valence-electron chi connectivity index (χ0n) is 9.94. The van der Waals surface area contributed by atoms with Crippen molar-refractivity contribution in [1.29, 1.82) is 0 Å². The summed E-state index contributed by atoms with van der Waals surface area (Å²) in [5.41, 5.74) is 0.942. The van der Waals surface area contributed by atoms with E-state index in [9.17, 15) is 4.39 Å². The first-order valence-corrected chi connectivity index (χ1v) is 6.55. The van der Waals surface area contributed by atoms with Gasteiger partial charge in [0.15, 0.2) is 0 Å². The van der Waals surface area contributed by atoms with E-state index < -0.39 is 0 Å². The van der Waals surface area contributed by atoms with E-state index in [1.165, 1.54) is 38.2 Å². The Labute approximate surface area is 103 Å². The van der Waals surface area contributed by atoms with Gasteiger partial charge in [0, 0.05) is 5.02 Å². The van der Waals surface area contributed by atoms with Gasteiger partial charge in [-0.3, -0.25) is 0 Å². The van der Waals surface area contributed by atoms with E-state index >= 15 is 0 Å². The number of hydrogen-bond donors (Lipinski definition) is 0. The lowest BCUT2D eigenvalue weighted by molar-refractivity contribution is 0.602. The molecular formula is C14H20ClF. The van der Waals surface area contributed by atoms with Crippen LogP contribution in [0.2, 0.25) is 5.02 Å². The lowest BCUT2D eigenvalue weighted by Gasteiger charge is -2.04. The minimum Gasteiger partial charge on any atom is -0.207 e. The molecule has 0 aliphatic rings. The van der Waals surface area contributed by atoms with Crippen LogP contribution in [-0.2, 0) is 6.42 Å². The summed E-state index contributed by atoms with van der Waals surface area (Å²) in [6.45, 7) is 2.21. The van der Waals surface area contributed by atoms with E-state index in [2.05, 4.69) is 6.92 Å². The molecule has 0 aliphatic carbocycles. The summed E-state index contributed by atoms with van der Waals surface area (Å²) in [5.74, 6) is -0.189. The monoisotopic (exact) mass is 242 g/mol. The van der Waals surface area contributed by atoms with Crippen molar-refractivity contribution in [2.24, 2.45) is 0 Å². The van der Waals surface area contributed by atoms with E-state index in [-0.39, 0.29) is 5.82 Å². The minimum atomic E-state index is -0.189. The van der Waals surface area contributed by atoms with Crippen LogP contribution in [0.1, 0.15) is 51.0 Å². The lowest BCUT2D eigenvalue weighted by atomic mass is 10.0. The average molecular weight is 243 g/mol. The molecule has 1 aromatic rings. The van der Waals surface area contributed by atoms with E-state index in [1.807, 2.05) is 0 Å². The summed E-state index contributed by atoms with van der Waals surface area (Å²) in [6.07, 6.45) is 8.40. The van der Waals surface area contributed by atoms with Gasteiger partial charge in [-0.1, -0.05) is 50.6 Å². The van der Waals surface area contributed by atoms with Gasteiger partial charge >= 0.3 is 0 Å². The Hall–Kier alpha value is -0.560. The molecule has 90 valence electrons. The third-order valence-corrected chi connectivity index (χ3v) is 3.18. The van der Waals surface area contributed by atoms with Gasteiger partial charge in [0.05, 0.1) is 0 Å². The van der Waals surface area contributed by atoms with Gasteiger partial charge in [0.2, 0.25) is 0 Å². The first kappa shape index (κ1) is 13.5. The Morgan fingerprint density at radius 3 is 2.50 bits per heavy atom. The van der Waals surface area contributed by atoms with Gasteiger partial charge in [0.25, 0.3) is 0 Å². The second kappa shape index (κ2) is 7.67. The molecule has 0 saturated carbocycles. The fraction of sp³-hybridized carbons (Fsp3) is 0.571. The van der Waals surface area contributed by atoms with Gasteiger partial charge in [-0.25, -0.2) is 4.39 Å². The number of halogens is 2. The minimum absolute atomic E-state index is 0.189. The molecule has 0 aromatic heterocycles. The molecule has 0 fully saturated rings. The standard InChI is InChI=1S/C14H20ClF/c1-2-3-4-5-6-7-8-12-11-13(16)9-10-14(12)15/h9-11H,2-8H2,1H3. The van der Waals surface area contributed by atoms with E-state index in [1.54, 1.807) is 12.1 Å². The van der Waals surface area contributed by atoms with Crippen molar-refractivity contribution >= 4 is 11.6 Å². The molecule has 2 heteroatoms. The molecule has 0 amide bonds. The van der Waals surface area contributed by atoms with Crippen LogP contribution < -0.4 is 0 Å². The molecule has 0 bridgehead atoms. The quantitative estimate of drug-likeness (QED) is 0.563.